The summed E-state index contributed by atoms with van der Waals surface area (Å²) in [5.74, 6) is -1.03. The van der Waals surface area contributed by atoms with E-state index in [2.05, 4.69) is 10.1 Å². The lowest BCUT2D eigenvalue weighted by atomic mass is 10.0. The van der Waals surface area contributed by atoms with Crippen LogP contribution in [0, 0.1) is 13.8 Å². The monoisotopic (exact) mass is 413 g/mol. The fraction of sp³-hybridized carbons (Fsp3) is 0.250. The topological polar surface area (TPSA) is 100 Å². The molecule has 3 aromatic rings. The first kappa shape index (κ1) is 20.4. The van der Waals surface area contributed by atoms with Crippen LogP contribution in [0.25, 0.3) is 21.8 Å². The molecule has 2 aromatic heterocycles. The molecule has 0 atom stereocenters. The Morgan fingerprint density at radius 2 is 1.59 bits per heavy atom. The van der Waals surface area contributed by atoms with Crippen LogP contribution in [-0.4, -0.2) is 32.6 Å². The summed E-state index contributed by atoms with van der Waals surface area (Å²) in [7, 11) is 0. The lowest BCUT2D eigenvalue weighted by molar-refractivity contribution is -0.132. The third-order valence-corrected chi connectivity index (χ3v) is 4.83. The molecule has 1 aromatic carbocycles. The Hall–Kier alpha value is -3.33. The van der Waals surface area contributed by atoms with E-state index in [1.54, 1.807) is 25.3 Å². The summed E-state index contributed by atoms with van der Waals surface area (Å²) in [5, 5.41) is 6.89. The predicted octanol–water partition coefficient (Wildman–Crippen LogP) is 3.80. The summed E-state index contributed by atoms with van der Waals surface area (Å²) in [5.41, 5.74) is 2.71. The molecule has 0 aliphatic heterocycles. The number of esters is 2. The second-order valence-corrected chi connectivity index (χ2v) is 7.33. The van der Waals surface area contributed by atoms with Gasteiger partial charge < -0.3 is 9.47 Å². The highest BCUT2D eigenvalue weighted by Crippen LogP contribution is 2.44. The molecule has 0 aliphatic rings. The van der Waals surface area contributed by atoms with E-state index < -0.39 is 11.9 Å². The van der Waals surface area contributed by atoms with E-state index >= 15 is 0 Å². The second-order valence-electron chi connectivity index (χ2n) is 6.47. The summed E-state index contributed by atoms with van der Waals surface area (Å²) in [6.07, 6.45) is 1.56. The van der Waals surface area contributed by atoms with Crippen LogP contribution in [0.5, 0.6) is 11.5 Å². The average molecular weight is 413 g/mol. The molecule has 8 nitrogen and oxygen atoms in total. The molecule has 0 amide bonds. The molecule has 0 radical (unpaired) electrons. The van der Waals surface area contributed by atoms with Crippen LogP contribution in [0.15, 0.2) is 23.7 Å². The van der Waals surface area contributed by atoms with Gasteiger partial charge in [0.05, 0.1) is 11.1 Å². The second kappa shape index (κ2) is 7.96. The number of hydrogen-bond donors (Lipinski definition) is 0. The lowest BCUT2D eigenvalue weighted by Crippen LogP contribution is -2.09. The van der Waals surface area contributed by atoms with E-state index in [0.29, 0.717) is 21.8 Å². The maximum Gasteiger partial charge on any atom is 0.308 e. The van der Waals surface area contributed by atoms with Crippen molar-refractivity contribution in [3.63, 3.8) is 0 Å². The van der Waals surface area contributed by atoms with E-state index in [1.807, 2.05) is 12.3 Å². The molecule has 0 aliphatic carbocycles. The number of hydrogen-bond acceptors (Lipinski definition) is 8. The number of aryl methyl sites for hydroxylation is 2. The Morgan fingerprint density at radius 1 is 1.00 bits per heavy atom. The van der Waals surface area contributed by atoms with Crippen LogP contribution in [-0.2, 0) is 9.59 Å². The van der Waals surface area contributed by atoms with Gasteiger partial charge in [0, 0.05) is 38.0 Å². The minimum Gasteiger partial charge on any atom is -0.426 e. The molecule has 29 heavy (non-hydrogen) atoms. The van der Waals surface area contributed by atoms with E-state index in [1.165, 1.54) is 36.8 Å². The molecule has 3 rings (SSSR count). The summed E-state index contributed by atoms with van der Waals surface area (Å²) < 4.78 is 12.0. The normalized spacial score (nSPS) is 10.7. The molecule has 0 saturated carbocycles. The van der Waals surface area contributed by atoms with Crippen LogP contribution in [0.2, 0.25) is 0 Å². The highest BCUT2D eigenvalue weighted by Gasteiger charge is 2.25. The largest absolute Gasteiger partial charge is 0.426 e. The Kier molecular flexibility index (Phi) is 5.60. The summed E-state index contributed by atoms with van der Waals surface area (Å²) in [6, 6.07) is 3.29. The number of ether oxygens (including phenoxy) is 2. The maximum absolute atomic E-state index is 12.0. The molecule has 0 spiro atoms. The number of carbonyl (C=O) groups excluding carboxylic acids is 3. The number of benzene rings is 1. The average Bonchev–Trinajstić information content (AvgIpc) is 3.19. The molecule has 0 unspecified atom stereocenters. The zero-order valence-corrected chi connectivity index (χ0v) is 17.4. The van der Waals surface area contributed by atoms with Crippen molar-refractivity contribution in [2.24, 2.45) is 0 Å². The summed E-state index contributed by atoms with van der Waals surface area (Å²) in [6.45, 7) is 7.56. The quantitative estimate of drug-likeness (QED) is 0.474. The van der Waals surface area contributed by atoms with Gasteiger partial charge in [-0.1, -0.05) is 0 Å². The van der Waals surface area contributed by atoms with Crippen LogP contribution in [0.1, 0.15) is 36.8 Å². The highest BCUT2D eigenvalue weighted by atomic mass is 32.1. The number of rotatable bonds is 4. The van der Waals surface area contributed by atoms with Gasteiger partial charge in [-0.3, -0.25) is 14.4 Å². The van der Waals surface area contributed by atoms with Crippen molar-refractivity contribution in [3.05, 3.63) is 35.0 Å². The first-order valence-corrected chi connectivity index (χ1v) is 9.58. The van der Waals surface area contributed by atoms with Crippen molar-refractivity contribution < 1.29 is 23.9 Å². The standard InChI is InChI=1S/C20H19N3O5S/c1-10-6-16(27-13(4)25)18(17(7-10)28-14(5)26)19-15(8-23(22-19)12(3)24)20-21-11(2)9-29-20/h6-9H,1-5H3. The summed E-state index contributed by atoms with van der Waals surface area (Å²) in [4.78, 5) is 39.8. The van der Waals surface area contributed by atoms with E-state index in [4.69, 9.17) is 9.47 Å². The zero-order valence-electron chi connectivity index (χ0n) is 16.6. The number of nitrogens with zero attached hydrogens (tertiary/aromatic N) is 3. The smallest absolute Gasteiger partial charge is 0.308 e. The molecule has 0 bridgehead atoms. The first-order valence-electron chi connectivity index (χ1n) is 8.70. The lowest BCUT2D eigenvalue weighted by Gasteiger charge is -2.14. The number of thiazole rings is 1. The maximum atomic E-state index is 12.0. The minimum absolute atomic E-state index is 0.178. The van der Waals surface area contributed by atoms with Gasteiger partial charge in [-0.2, -0.15) is 5.10 Å². The van der Waals surface area contributed by atoms with Crippen molar-refractivity contribution in [1.82, 2.24) is 14.8 Å². The van der Waals surface area contributed by atoms with E-state index in [-0.39, 0.29) is 17.4 Å². The van der Waals surface area contributed by atoms with Crippen LogP contribution in [0.3, 0.4) is 0 Å². The summed E-state index contributed by atoms with van der Waals surface area (Å²) >= 11 is 1.39. The third kappa shape index (κ3) is 4.40. The van der Waals surface area contributed by atoms with Crippen LogP contribution in [0.4, 0.5) is 0 Å². The van der Waals surface area contributed by atoms with Gasteiger partial charge in [0.2, 0.25) is 5.91 Å². The molecule has 0 saturated heterocycles. The molecular formula is C20H19N3O5S. The zero-order chi connectivity index (χ0) is 21.3. The number of carbonyl (C=O) groups is 3. The molecule has 9 heteroatoms. The minimum atomic E-state index is -0.539. The van der Waals surface area contributed by atoms with Crippen molar-refractivity contribution in [2.75, 3.05) is 0 Å². The Morgan fingerprint density at radius 3 is 2.03 bits per heavy atom. The van der Waals surface area contributed by atoms with Gasteiger partial charge in [0.1, 0.15) is 22.2 Å². The van der Waals surface area contributed by atoms with Gasteiger partial charge in [0.15, 0.2) is 0 Å². The van der Waals surface area contributed by atoms with Gasteiger partial charge in [-0.25, -0.2) is 9.67 Å². The Balaban J connectivity index is 2.35. The van der Waals surface area contributed by atoms with Crippen molar-refractivity contribution in [2.45, 2.75) is 34.6 Å². The Bertz CT molecular complexity index is 1090. The van der Waals surface area contributed by atoms with E-state index in [9.17, 15) is 14.4 Å². The van der Waals surface area contributed by atoms with Gasteiger partial charge >= 0.3 is 11.9 Å². The van der Waals surface area contributed by atoms with Gasteiger partial charge in [-0.05, 0) is 31.5 Å². The van der Waals surface area contributed by atoms with Crippen molar-refractivity contribution in [3.8, 4) is 33.3 Å². The first-order chi connectivity index (χ1) is 13.7. The molecule has 0 N–H and O–H groups in total. The highest BCUT2D eigenvalue weighted by molar-refractivity contribution is 7.13. The van der Waals surface area contributed by atoms with Crippen molar-refractivity contribution in [1.29, 1.82) is 0 Å². The Labute approximate surface area is 171 Å². The van der Waals surface area contributed by atoms with E-state index in [0.717, 1.165) is 11.3 Å². The molecular weight excluding hydrogens is 394 g/mol. The van der Waals surface area contributed by atoms with Crippen LogP contribution < -0.4 is 9.47 Å². The molecule has 2 heterocycles. The third-order valence-electron chi connectivity index (χ3n) is 3.84. The van der Waals surface area contributed by atoms with Gasteiger partial charge in [0.25, 0.3) is 0 Å². The predicted molar refractivity (Wildman–Crippen MR) is 107 cm³/mol. The van der Waals surface area contributed by atoms with Gasteiger partial charge in [-0.15, -0.1) is 11.3 Å². The fourth-order valence-corrected chi connectivity index (χ4v) is 3.59. The number of aromatic nitrogens is 3. The van der Waals surface area contributed by atoms with Crippen molar-refractivity contribution >= 4 is 29.2 Å². The van der Waals surface area contributed by atoms with Crippen LogP contribution >= 0.6 is 11.3 Å². The fourth-order valence-electron chi connectivity index (χ4n) is 2.78. The molecule has 0 fully saturated rings. The molecule has 150 valence electrons. The SMILES string of the molecule is CC(=O)Oc1cc(C)cc(OC(C)=O)c1-c1nn(C(C)=O)cc1-c1nc(C)cs1.